The average Bonchev–Trinajstić information content (AvgIpc) is 3.10. The van der Waals surface area contributed by atoms with Crippen LogP contribution in [0, 0.1) is 24.0 Å². The minimum absolute atomic E-state index is 0.0897. The fourth-order valence-electron chi connectivity index (χ4n) is 3.44. The van der Waals surface area contributed by atoms with Crippen LogP contribution in [-0.2, 0) is 21.4 Å². The number of Topliss-reactive ketones (excluding diaryl/α,β-unsaturated/α-hetero) is 1. The van der Waals surface area contributed by atoms with Crippen molar-refractivity contribution < 1.29 is 31.9 Å². The first-order chi connectivity index (χ1) is 16.0. The van der Waals surface area contributed by atoms with E-state index in [0.717, 1.165) is 30.1 Å². The first-order valence-corrected chi connectivity index (χ1v) is 11.6. The molecule has 11 heteroatoms. The summed E-state index contributed by atoms with van der Waals surface area (Å²) in [6.45, 7) is 5.97. The zero-order valence-electron chi connectivity index (χ0n) is 18.7. The van der Waals surface area contributed by atoms with Crippen LogP contribution < -0.4 is 4.18 Å². The molecular weight excluding hydrogens is 464 g/mol. The number of nitrogens with zero attached hydrogens (tertiary/aromatic N) is 2. The molecule has 0 spiro atoms. The number of aryl methyl sites for hydroxylation is 1. The molecule has 0 fully saturated rings. The Morgan fingerprint density at radius 1 is 1.06 bits per heavy atom. The van der Waals surface area contributed by atoms with Crippen LogP contribution in [0.3, 0.4) is 0 Å². The van der Waals surface area contributed by atoms with Gasteiger partial charge in [0.15, 0.2) is 6.61 Å². The normalized spacial score (nSPS) is 11.1. The van der Waals surface area contributed by atoms with Crippen LogP contribution in [-0.4, -0.2) is 36.3 Å². The van der Waals surface area contributed by atoms with Crippen LogP contribution >= 0.6 is 0 Å². The average molecular weight is 487 g/mol. The summed E-state index contributed by atoms with van der Waals surface area (Å²) in [5.74, 6) is -1.19. The number of ether oxygens (including phenoxy) is 1. The van der Waals surface area contributed by atoms with Gasteiger partial charge in [-0.15, -0.1) is 0 Å². The van der Waals surface area contributed by atoms with Gasteiger partial charge < -0.3 is 13.5 Å². The number of hydrogen-bond donors (Lipinski definition) is 0. The Bertz CT molecular complexity index is 1360. The van der Waals surface area contributed by atoms with Gasteiger partial charge in [0.25, 0.3) is 5.69 Å². The topological polar surface area (TPSA) is 135 Å². The molecule has 0 amide bonds. The predicted octanol–water partition coefficient (Wildman–Crippen LogP) is 3.84. The molecule has 10 nitrogen and oxygen atoms in total. The van der Waals surface area contributed by atoms with E-state index < -0.39 is 33.3 Å². The number of carbonyl (C=O) groups is 2. The lowest BCUT2D eigenvalue weighted by Crippen LogP contribution is -2.15. The van der Waals surface area contributed by atoms with Gasteiger partial charge in [-0.2, -0.15) is 8.42 Å². The van der Waals surface area contributed by atoms with Crippen molar-refractivity contribution in [2.45, 2.75) is 32.2 Å². The van der Waals surface area contributed by atoms with Gasteiger partial charge in [0, 0.05) is 35.6 Å². The molecule has 0 saturated heterocycles. The maximum atomic E-state index is 12.5. The summed E-state index contributed by atoms with van der Waals surface area (Å²) in [6.07, 6.45) is 0. The summed E-state index contributed by atoms with van der Waals surface area (Å²) in [7, 11) is -4.33. The van der Waals surface area contributed by atoms with Crippen molar-refractivity contribution in [3.63, 3.8) is 0 Å². The number of nitro groups is 1. The second kappa shape index (κ2) is 9.87. The molecule has 2 aromatic carbocycles. The van der Waals surface area contributed by atoms with Gasteiger partial charge in [0.2, 0.25) is 5.78 Å². The lowest BCUT2D eigenvalue weighted by molar-refractivity contribution is -0.385. The molecule has 3 aromatic rings. The number of hydrogen-bond acceptors (Lipinski definition) is 8. The zero-order chi connectivity index (χ0) is 25.0. The number of aromatic nitrogens is 1. The lowest BCUT2D eigenvalue weighted by Gasteiger charge is -2.08. The van der Waals surface area contributed by atoms with Crippen molar-refractivity contribution in [1.82, 2.24) is 4.57 Å². The fraction of sp³-hybridized carbons (Fsp3) is 0.217. The van der Waals surface area contributed by atoms with Crippen LogP contribution in [0.4, 0.5) is 5.69 Å². The van der Waals surface area contributed by atoms with Crippen molar-refractivity contribution in [3.05, 3.63) is 87.2 Å². The molecule has 0 radical (unpaired) electrons. The monoisotopic (exact) mass is 486 g/mol. The molecule has 0 bridgehead atoms. The number of rotatable bonds is 9. The van der Waals surface area contributed by atoms with E-state index >= 15 is 0 Å². The third kappa shape index (κ3) is 5.31. The SMILES string of the molecule is CCn1c(C)cc(C(=O)COC(=O)c2ccc(OS(=O)(=O)c3cccc([N+](=O)[O-])c3)cc2)c1C. The largest absolute Gasteiger partial charge is 0.454 e. The summed E-state index contributed by atoms with van der Waals surface area (Å²) in [4.78, 5) is 34.6. The first-order valence-electron chi connectivity index (χ1n) is 10.2. The third-order valence-corrected chi connectivity index (χ3v) is 6.38. The highest BCUT2D eigenvalue weighted by atomic mass is 32.2. The Morgan fingerprint density at radius 3 is 2.32 bits per heavy atom. The van der Waals surface area contributed by atoms with Gasteiger partial charge in [0.05, 0.1) is 10.5 Å². The molecule has 0 unspecified atom stereocenters. The summed E-state index contributed by atoms with van der Waals surface area (Å²) >= 11 is 0. The molecule has 0 atom stereocenters. The minimum Gasteiger partial charge on any atom is -0.454 e. The van der Waals surface area contributed by atoms with Gasteiger partial charge in [0.1, 0.15) is 10.6 Å². The van der Waals surface area contributed by atoms with E-state index in [0.29, 0.717) is 5.56 Å². The number of ketones is 1. The van der Waals surface area contributed by atoms with Crippen LogP contribution in [0.2, 0.25) is 0 Å². The number of benzene rings is 2. The molecule has 34 heavy (non-hydrogen) atoms. The molecule has 0 N–H and O–H groups in total. The molecule has 1 heterocycles. The van der Waals surface area contributed by atoms with Gasteiger partial charge in [-0.1, -0.05) is 6.07 Å². The first kappa shape index (κ1) is 24.6. The predicted molar refractivity (Wildman–Crippen MR) is 122 cm³/mol. The van der Waals surface area contributed by atoms with Gasteiger partial charge >= 0.3 is 16.1 Å². The van der Waals surface area contributed by atoms with E-state index in [-0.39, 0.29) is 22.0 Å². The fourth-order valence-corrected chi connectivity index (χ4v) is 4.41. The van der Waals surface area contributed by atoms with Crippen molar-refractivity contribution in [3.8, 4) is 5.75 Å². The highest BCUT2D eigenvalue weighted by Crippen LogP contribution is 2.23. The zero-order valence-corrected chi connectivity index (χ0v) is 19.5. The number of non-ortho nitro benzene ring substituents is 1. The maximum Gasteiger partial charge on any atom is 0.339 e. The molecule has 1 aromatic heterocycles. The van der Waals surface area contributed by atoms with Gasteiger partial charge in [-0.3, -0.25) is 14.9 Å². The van der Waals surface area contributed by atoms with E-state index in [1.165, 1.54) is 36.4 Å². The van der Waals surface area contributed by atoms with Crippen molar-refractivity contribution >= 4 is 27.6 Å². The van der Waals surface area contributed by atoms with Crippen LogP contribution in [0.1, 0.15) is 39.0 Å². The van der Waals surface area contributed by atoms with Crippen molar-refractivity contribution in [2.75, 3.05) is 6.61 Å². The molecule has 178 valence electrons. The molecule has 0 aliphatic heterocycles. The van der Waals surface area contributed by atoms with E-state index in [1.807, 2.05) is 25.3 Å². The third-order valence-electron chi connectivity index (χ3n) is 5.14. The summed E-state index contributed by atoms with van der Waals surface area (Å²) < 4.78 is 36.9. The minimum atomic E-state index is -4.33. The summed E-state index contributed by atoms with van der Waals surface area (Å²) in [5, 5.41) is 10.9. The molecule has 0 saturated carbocycles. The Balaban J connectivity index is 1.65. The standard InChI is InChI=1S/C23H22N2O8S/c1-4-24-15(2)12-21(16(24)3)22(26)14-32-23(27)17-8-10-19(11-9-17)33-34(30,31)20-7-5-6-18(13-20)25(28)29/h5-13H,4,14H2,1-3H3. The van der Waals surface area contributed by atoms with Gasteiger partial charge in [-0.05, 0) is 57.2 Å². The van der Waals surface area contributed by atoms with Gasteiger partial charge in [-0.25, -0.2) is 4.79 Å². The second-order valence-electron chi connectivity index (χ2n) is 7.34. The van der Waals surface area contributed by atoms with E-state index in [2.05, 4.69) is 0 Å². The molecule has 0 aliphatic rings. The molecule has 3 rings (SSSR count). The number of esters is 1. The van der Waals surface area contributed by atoms with Crippen LogP contribution in [0.15, 0.2) is 59.5 Å². The Morgan fingerprint density at radius 2 is 1.74 bits per heavy atom. The van der Waals surface area contributed by atoms with Crippen molar-refractivity contribution in [2.24, 2.45) is 0 Å². The second-order valence-corrected chi connectivity index (χ2v) is 8.89. The quantitative estimate of drug-likeness (QED) is 0.146. The smallest absolute Gasteiger partial charge is 0.339 e. The van der Waals surface area contributed by atoms with E-state index in [4.69, 9.17) is 8.92 Å². The summed E-state index contributed by atoms with van der Waals surface area (Å²) in [6, 6.07) is 11.2. The van der Waals surface area contributed by atoms with E-state index in [9.17, 15) is 28.1 Å². The number of nitro benzene ring substituents is 1. The summed E-state index contributed by atoms with van der Waals surface area (Å²) in [5.41, 5.74) is 1.92. The number of carbonyl (C=O) groups excluding carboxylic acids is 2. The highest BCUT2D eigenvalue weighted by Gasteiger charge is 2.21. The Labute approximate surface area is 196 Å². The highest BCUT2D eigenvalue weighted by molar-refractivity contribution is 7.87. The van der Waals surface area contributed by atoms with Crippen molar-refractivity contribution in [1.29, 1.82) is 0 Å². The molecular formula is C23H22N2O8S. The lowest BCUT2D eigenvalue weighted by atomic mass is 10.1. The van der Waals surface area contributed by atoms with Crippen LogP contribution in [0.25, 0.3) is 0 Å². The van der Waals surface area contributed by atoms with Crippen LogP contribution in [0.5, 0.6) is 5.75 Å². The molecule has 0 aliphatic carbocycles. The van der Waals surface area contributed by atoms with E-state index in [1.54, 1.807) is 6.07 Å². The Hall–Kier alpha value is -3.99. The maximum absolute atomic E-state index is 12.5. The Kier molecular flexibility index (Phi) is 7.16.